The third-order valence-corrected chi connectivity index (χ3v) is 2.30. The van der Waals surface area contributed by atoms with Crippen molar-refractivity contribution >= 4 is 16.5 Å². The lowest BCUT2D eigenvalue weighted by atomic mass is 9.89. The number of hydrogen-bond donors (Lipinski definition) is 1. The van der Waals surface area contributed by atoms with E-state index in [9.17, 15) is 13.2 Å². The minimum absolute atomic E-state index is 0.228. The largest absolute Gasteiger partial charge is 0.298 e. The fourth-order valence-electron chi connectivity index (χ4n) is 0.722. The van der Waals surface area contributed by atoms with Crippen molar-refractivity contribution in [2.45, 2.75) is 32.9 Å². The van der Waals surface area contributed by atoms with Gasteiger partial charge in [0.25, 0.3) is 0 Å². The molecule has 0 aliphatic carbocycles. The molecule has 4 heteroatoms. The Labute approximate surface area is 68.7 Å². The molecular weight excluding hydrogens is 164 g/mol. The van der Waals surface area contributed by atoms with Crippen LogP contribution in [0.1, 0.15) is 27.7 Å². The van der Waals surface area contributed by atoms with Crippen LogP contribution in [-0.4, -0.2) is 19.5 Å². The van der Waals surface area contributed by atoms with Crippen LogP contribution in [0.5, 0.6) is 0 Å². The second-order valence-corrected chi connectivity index (χ2v) is 4.92. The molecule has 66 valence electrons. The molecule has 0 aromatic carbocycles. The smallest absolute Gasteiger partial charge is 0.155 e. The summed E-state index contributed by atoms with van der Waals surface area (Å²) in [5.41, 5.74) is -0.561. The molecule has 0 rings (SSSR count). The fourth-order valence-corrected chi connectivity index (χ4v) is 1.30. The van der Waals surface area contributed by atoms with E-state index in [4.69, 9.17) is 0 Å². The third-order valence-electron chi connectivity index (χ3n) is 1.43. The summed E-state index contributed by atoms with van der Waals surface area (Å²) in [6.45, 7) is 6.55. The topological polar surface area (TPSA) is 51.2 Å². The summed E-state index contributed by atoms with van der Waals surface area (Å²) in [5.74, 6) is -0.228. The Hall–Kier alpha value is -0.380. The van der Waals surface area contributed by atoms with Gasteiger partial charge in [-0.25, -0.2) is 8.42 Å². The Kier molecular flexibility index (Phi) is 3.23. The Morgan fingerprint density at radius 1 is 1.27 bits per heavy atom. The van der Waals surface area contributed by atoms with Gasteiger partial charge in [0.1, 0.15) is 16.0 Å². The molecule has 0 bridgehead atoms. The highest BCUT2D eigenvalue weighted by Gasteiger charge is 2.28. The van der Waals surface area contributed by atoms with Gasteiger partial charge in [0.05, 0.1) is 0 Å². The van der Waals surface area contributed by atoms with E-state index in [2.05, 4.69) is 0 Å². The number of thiol groups is 1. The zero-order valence-electron chi connectivity index (χ0n) is 7.25. The predicted octanol–water partition coefficient (Wildman–Crippen LogP) is 0.601. The molecule has 3 nitrogen and oxygen atoms in total. The highest BCUT2D eigenvalue weighted by molar-refractivity contribution is 7.74. The SMILES string of the molecule is CC(C(=O)C(C)(C)C)[SH](=O)=O. The van der Waals surface area contributed by atoms with Crippen LogP contribution >= 0.6 is 0 Å². The van der Waals surface area contributed by atoms with Gasteiger partial charge >= 0.3 is 0 Å². The van der Waals surface area contributed by atoms with E-state index in [0.29, 0.717) is 0 Å². The lowest BCUT2D eigenvalue weighted by Gasteiger charge is -2.17. The maximum absolute atomic E-state index is 11.2. The Morgan fingerprint density at radius 2 is 1.64 bits per heavy atom. The lowest BCUT2D eigenvalue weighted by Crippen LogP contribution is -2.31. The quantitative estimate of drug-likeness (QED) is 0.630. The van der Waals surface area contributed by atoms with Crippen molar-refractivity contribution < 1.29 is 13.2 Å². The van der Waals surface area contributed by atoms with Crippen molar-refractivity contribution in [2.24, 2.45) is 5.41 Å². The van der Waals surface area contributed by atoms with Crippen molar-refractivity contribution in [1.82, 2.24) is 0 Å². The van der Waals surface area contributed by atoms with Gasteiger partial charge in [0.15, 0.2) is 5.78 Å². The second kappa shape index (κ2) is 3.34. The number of carbonyl (C=O) groups is 1. The van der Waals surface area contributed by atoms with Crippen LogP contribution in [-0.2, 0) is 15.5 Å². The molecule has 0 N–H and O–H groups in total. The number of carbonyl (C=O) groups excluding carboxylic acids is 1. The first-order valence-corrected chi connectivity index (χ1v) is 4.69. The van der Waals surface area contributed by atoms with Crippen molar-refractivity contribution in [3.05, 3.63) is 0 Å². The first-order valence-electron chi connectivity index (χ1n) is 3.44. The third kappa shape index (κ3) is 3.01. The number of ketones is 1. The number of hydrogen-bond acceptors (Lipinski definition) is 3. The van der Waals surface area contributed by atoms with Crippen molar-refractivity contribution in [1.29, 1.82) is 0 Å². The molecule has 0 aliphatic heterocycles. The van der Waals surface area contributed by atoms with E-state index in [0.717, 1.165) is 0 Å². The molecule has 11 heavy (non-hydrogen) atoms. The van der Waals surface area contributed by atoms with Crippen molar-refractivity contribution in [2.75, 3.05) is 0 Å². The van der Waals surface area contributed by atoms with Crippen LogP contribution in [0.25, 0.3) is 0 Å². The Balaban J connectivity index is 4.52. The van der Waals surface area contributed by atoms with Gasteiger partial charge in [0, 0.05) is 5.41 Å². The summed E-state index contributed by atoms with van der Waals surface area (Å²) < 4.78 is 20.8. The van der Waals surface area contributed by atoms with Gasteiger partial charge in [-0.15, -0.1) is 0 Å². The van der Waals surface area contributed by atoms with E-state index in [1.54, 1.807) is 20.8 Å². The van der Waals surface area contributed by atoms with E-state index >= 15 is 0 Å². The molecule has 0 fully saturated rings. The molecule has 1 atom stereocenters. The molecule has 0 radical (unpaired) electrons. The average Bonchev–Trinajstić information content (AvgIpc) is 1.82. The maximum atomic E-state index is 11.2. The van der Waals surface area contributed by atoms with Crippen LogP contribution in [0.15, 0.2) is 0 Å². The molecule has 0 saturated carbocycles. The van der Waals surface area contributed by atoms with E-state index in [1.165, 1.54) is 6.92 Å². The van der Waals surface area contributed by atoms with Gasteiger partial charge < -0.3 is 0 Å². The minimum Gasteiger partial charge on any atom is -0.298 e. The Bertz CT molecular complexity index is 214. The average molecular weight is 178 g/mol. The molecule has 0 saturated heterocycles. The standard InChI is InChI=1S/C7H14O3S/c1-5(11(9)10)6(8)7(2,3)4/h5,11H,1-4H3. The summed E-state index contributed by atoms with van der Waals surface area (Å²) in [6.07, 6.45) is 0. The summed E-state index contributed by atoms with van der Waals surface area (Å²) in [6, 6.07) is 0. The lowest BCUT2D eigenvalue weighted by molar-refractivity contribution is -0.125. The van der Waals surface area contributed by atoms with Crippen molar-refractivity contribution in [3.63, 3.8) is 0 Å². The van der Waals surface area contributed by atoms with Crippen LogP contribution in [0.2, 0.25) is 0 Å². The minimum atomic E-state index is -2.61. The van der Waals surface area contributed by atoms with Crippen LogP contribution < -0.4 is 0 Å². The number of rotatable bonds is 2. The highest BCUT2D eigenvalue weighted by atomic mass is 32.2. The van der Waals surface area contributed by atoms with Gasteiger partial charge in [-0.05, 0) is 6.92 Å². The van der Waals surface area contributed by atoms with Crippen LogP contribution in [0.4, 0.5) is 0 Å². The highest BCUT2D eigenvalue weighted by Crippen LogP contribution is 2.17. The molecule has 0 aromatic rings. The summed E-state index contributed by atoms with van der Waals surface area (Å²) in [7, 11) is -2.61. The van der Waals surface area contributed by atoms with Gasteiger partial charge in [0.2, 0.25) is 0 Å². The van der Waals surface area contributed by atoms with Gasteiger partial charge in [-0.3, -0.25) is 4.79 Å². The van der Waals surface area contributed by atoms with Gasteiger partial charge in [-0.2, -0.15) is 0 Å². The molecule has 1 unspecified atom stereocenters. The normalized spacial score (nSPS) is 15.0. The zero-order chi connectivity index (χ0) is 9.23. The van der Waals surface area contributed by atoms with Crippen molar-refractivity contribution in [3.8, 4) is 0 Å². The molecule has 0 aromatic heterocycles. The zero-order valence-corrected chi connectivity index (χ0v) is 8.14. The van der Waals surface area contributed by atoms with E-state index < -0.39 is 21.4 Å². The maximum Gasteiger partial charge on any atom is 0.155 e. The monoisotopic (exact) mass is 178 g/mol. The van der Waals surface area contributed by atoms with Crippen LogP contribution in [0, 0.1) is 5.41 Å². The van der Waals surface area contributed by atoms with Gasteiger partial charge in [-0.1, -0.05) is 20.8 Å². The van der Waals surface area contributed by atoms with E-state index in [1.807, 2.05) is 0 Å². The first kappa shape index (κ1) is 10.6. The summed E-state index contributed by atoms with van der Waals surface area (Å²) in [5, 5.41) is -0.856. The van der Waals surface area contributed by atoms with E-state index in [-0.39, 0.29) is 5.78 Å². The fraction of sp³-hybridized carbons (Fsp3) is 0.857. The molecule has 0 heterocycles. The molecule has 0 spiro atoms. The first-order chi connectivity index (χ1) is 4.76. The summed E-state index contributed by atoms with van der Waals surface area (Å²) >= 11 is 0. The summed E-state index contributed by atoms with van der Waals surface area (Å²) in [4.78, 5) is 11.2. The second-order valence-electron chi connectivity index (χ2n) is 3.58. The predicted molar refractivity (Wildman–Crippen MR) is 44.2 cm³/mol. The number of Topliss-reactive ketones (excluding diaryl/α,β-unsaturated/α-hetero) is 1. The molecule has 0 aliphatic rings. The molecule has 0 amide bonds. The Morgan fingerprint density at radius 3 is 1.73 bits per heavy atom. The molecular formula is C7H14O3S. The van der Waals surface area contributed by atoms with Crippen LogP contribution in [0.3, 0.4) is 0 Å².